The fraction of sp³-hybridized carbons (Fsp3) is 0.667. The maximum Gasteiger partial charge on any atom is 0.303 e. The zero-order valence-corrected chi connectivity index (χ0v) is 13.1. The van der Waals surface area contributed by atoms with Crippen LogP contribution in [0.3, 0.4) is 0 Å². The van der Waals surface area contributed by atoms with Crippen molar-refractivity contribution in [3.8, 4) is 0 Å². The van der Waals surface area contributed by atoms with Gasteiger partial charge in [0.25, 0.3) is 0 Å². The standard InChI is InChI=1S/C18H28O3/c1-2-3-7-11-16-15(13-14-17(16)19)10-8-5-4-6-9-12-18(20)21/h3,7,13-16H,2,4-6,8-12H2,1H3,(H,20,21)/b7-3-/t15-,16+/m1/s1. The molecule has 0 radical (unpaired) electrons. The van der Waals surface area contributed by atoms with E-state index in [1.165, 1.54) is 0 Å². The molecule has 0 heterocycles. The summed E-state index contributed by atoms with van der Waals surface area (Å²) in [7, 11) is 0. The summed E-state index contributed by atoms with van der Waals surface area (Å²) in [5, 5.41) is 8.56. The van der Waals surface area contributed by atoms with Crippen molar-refractivity contribution in [3.63, 3.8) is 0 Å². The van der Waals surface area contributed by atoms with E-state index in [4.69, 9.17) is 5.11 Å². The molecule has 0 saturated carbocycles. The first-order valence-electron chi connectivity index (χ1n) is 8.24. The van der Waals surface area contributed by atoms with E-state index >= 15 is 0 Å². The number of carbonyl (C=O) groups is 2. The maximum atomic E-state index is 11.8. The number of hydrogen-bond donors (Lipinski definition) is 1. The van der Waals surface area contributed by atoms with Crippen molar-refractivity contribution in [2.24, 2.45) is 11.8 Å². The van der Waals surface area contributed by atoms with Gasteiger partial charge in [0.1, 0.15) is 0 Å². The normalized spacial score (nSPS) is 21.5. The highest BCUT2D eigenvalue weighted by Gasteiger charge is 2.28. The van der Waals surface area contributed by atoms with Crippen molar-refractivity contribution in [1.82, 2.24) is 0 Å². The van der Waals surface area contributed by atoms with Gasteiger partial charge in [-0.3, -0.25) is 9.59 Å². The summed E-state index contributed by atoms with van der Waals surface area (Å²) < 4.78 is 0. The van der Waals surface area contributed by atoms with Gasteiger partial charge in [-0.05, 0) is 37.7 Å². The van der Waals surface area contributed by atoms with Gasteiger partial charge < -0.3 is 5.11 Å². The van der Waals surface area contributed by atoms with Gasteiger partial charge in [0.2, 0.25) is 0 Å². The van der Waals surface area contributed by atoms with Crippen LogP contribution in [-0.2, 0) is 9.59 Å². The van der Waals surface area contributed by atoms with Gasteiger partial charge in [-0.2, -0.15) is 0 Å². The Labute approximate surface area is 128 Å². The van der Waals surface area contributed by atoms with Crippen molar-refractivity contribution in [3.05, 3.63) is 24.3 Å². The van der Waals surface area contributed by atoms with Crippen LogP contribution in [0.1, 0.15) is 64.7 Å². The second kappa shape index (κ2) is 10.4. The Morgan fingerprint density at radius 2 is 1.90 bits per heavy atom. The summed E-state index contributed by atoms with van der Waals surface area (Å²) in [6.45, 7) is 2.10. The van der Waals surface area contributed by atoms with Crippen LogP contribution in [0.15, 0.2) is 24.3 Å². The molecule has 0 spiro atoms. The minimum Gasteiger partial charge on any atom is -0.481 e. The first-order valence-corrected chi connectivity index (χ1v) is 8.24. The predicted molar refractivity (Wildman–Crippen MR) is 85.1 cm³/mol. The Balaban J connectivity index is 2.15. The molecule has 0 aromatic heterocycles. The van der Waals surface area contributed by atoms with Crippen LogP contribution >= 0.6 is 0 Å². The zero-order chi connectivity index (χ0) is 15.5. The van der Waals surface area contributed by atoms with Crippen LogP contribution in [0.25, 0.3) is 0 Å². The quantitative estimate of drug-likeness (QED) is 0.449. The highest BCUT2D eigenvalue weighted by atomic mass is 16.4. The molecule has 1 aliphatic rings. The largest absolute Gasteiger partial charge is 0.481 e. The van der Waals surface area contributed by atoms with Gasteiger partial charge in [-0.15, -0.1) is 0 Å². The van der Waals surface area contributed by atoms with Gasteiger partial charge in [0, 0.05) is 12.3 Å². The highest BCUT2D eigenvalue weighted by Crippen LogP contribution is 2.30. The SMILES string of the molecule is CC/C=C\C[C@@H]1C(=O)C=C[C@H]1CCCCCCCC(=O)O. The van der Waals surface area contributed by atoms with Crippen LogP contribution in [0, 0.1) is 11.8 Å². The van der Waals surface area contributed by atoms with Crippen molar-refractivity contribution >= 4 is 11.8 Å². The lowest BCUT2D eigenvalue weighted by Gasteiger charge is -2.16. The molecular formula is C18H28O3. The minimum atomic E-state index is -0.701. The molecule has 0 amide bonds. The Hall–Kier alpha value is -1.38. The molecule has 0 bridgehead atoms. The van der Waals surface area contributed by atoms with Crippen molar-refractivity contribution in [2.45, 2.75) is 64.7 Å². The number of carboxylic acids is 1. The monoisotopic (exact) mass is 292 g/mol. The van der Waals surface area contributed by atoms with E-state index < -0.39 is 5.97 Å². The molecule has 1 N–H and O–H groups in total. The van der Waals surface area contributed by atoms with Gasteiger partial charge in [0.05, 0.1) is 0 Å². The van der Waals surface area contributed by atoms with Crippen LogP contribution in [0.5, 0.6) is 0 Å². The number of rotatable bonds is 11. The molecule has 2 atom stereocenters. The van der Waals surface area contributed by atoms with Gasteiger partial charge in [-0.1, -0.05) is 50.8 Å². The minimum absolute atomic E-state index is 0.153. The fourth-order valence-electron chi connectivity index (χ4n) is 2.87. The van der Waals surface area contributed by atoms with Crippen molar-refractivity contribution in [1.29, 1.82) is 0 Å². The number of aliphatic carboxylic acids is 1. The average Bonchev–Trinajstić information content (AvgIpc) is 2.79. The highest BCUT2D eigenvalue weighted by molar-refractivity contribution is 5.94. The van der Waals surface area contributed by atoms with E-state index in [2.05, 4.69) is 25.2 Å². The first-order chi connectivity index (χ1) is 10.1. The molecule has 3 nitrogen and oxygen atoms in total. The third-order valence-corrected chi connectivity index (χ3v) is 4.11. The van der Waals surface area contributed by atoms with E-state index in [0.717, 1.165) is 51.4 Å². The van der Waals surface area contributed by atoms with Gasteiger partial charge in [-0.25, -0.2) is 0 Å². The zero-order valence-electron chi connectivity index (χ0n) is 13.1. The topological polar surface area (TPSA) is 54.4 Å². The molecule has 0 unspecified atom stereocenters. The molecule has 0 aromatic carbocycles. The van der Waals surface area contributed by atoms with E-state index in [0.29, 0.717) is 5.92 Å². The molecule has 1 rings (SSSR count). The van der Waals surface area contributed by atoms with E-state index in [9.17, 15) is 9.59 Å². The summed E-state index contributed by atoms with van der Waals surface area (Å²) in [4.78, 5) is 22.2. The van der Waals surface area contributed by atoms with Crippen LogP contribution in [-0.4, -0.2) is 16.9 Å². The van der Waals surface area contributed by atoms with Crippen LogP contribution < -0.4 is 0 Å². The predicted octanol–water partition coefficient (Wildman–Crippen LogP) is 4.53. The lowest BCUT2D eigenvalue weighted by atomic mass is 9.87. The third kappa shape index (κ3) is 7.26. The number of hydrogen-bond acceptors (Lipinski definition) is 2. The summed E-state index contributed by atoms with van der Waals surface area (Å²) in [5.41, 5.74) is 0. The molecule has 0 fully saturated rings. The average molecular weight is 292 g/mol. The summed E-state index contributed by atoms with van der Waals surface area (Å²) in [5.74, 6) is 0.132. The lowest BCUT2D eigenvalue weighted by molar-refractivity contribution is -0.137. The van der Waals surface area contributed by atoms with E-state index in [1.54, 1.807) is 6.08 Å². The molecule has 0 saturated heterocycles. The van der Waals surface area contributed by atoms with Crippen LogP contribution in [0.4, 0.5) is 0 Å². The third-order valence-electron chi connectivity index (χ3n) is 4.11. The Bertz CT molecular complexity index is 382. The number of carbonyl (C=O) groups excluding carboxylic acids is 1. The smallest absolute Gasteiger partial charge is 0.303 e. The fourth-order valence-corrected chi connectivity index (χ4v) is 2.87. The van der Waals surface area contributed by atoms with E-state index in [1.807, 2.05) is 0 Å². The maximum absolute atomic E-state index is 11.8. The molecule has 0 aromatic rings. The Kier molecular flexibility index (Phi) is 8.72. The Morgan fingerprint density at radius 1 is 1.19 bits per heavy atom. The number of ketones is 1. The molecule has 1 aliphatic carbocycles. The van der Waals surface area contributed by atoms with Gasteiger partial charge in [0.15, 0.2) is 5.78 Å². The molecule has 118 valence electrons. The van der Waals surface area contributed by atoms with E-state index in [-0.39, 0.29) is 18.1 Å². The van der Waals surface area contributed by atoms with Crippen molar-refractivity contribution in [2.75, 3.05) is 0 Å². The number of carboxylic acid groups (broad SMARTS) is 1. The molecular weight excluding hydrogens is 264 g/mol. The summed E-state index contributed by atoms with van der Waals surface area (Å²) >= 11 is 0. The first kappa shape index (κ1) is 17.7. The molecule has 0 aliphatic heterocycles. The summed E-state index contributed by atoms with van der Waals surface area (Å²) in [6.07, 6.45) is 16.5. The summed E-state index contributed by atoms with van der Waals surface area (Å²) in [6, 6.07) is 0. The van der Waals surface area contributed by atoms with Crippen LogP contribution in [0.2, 0.25) is 0 Å². The second-order valence-corrected chi connectivity index (χ2v) is 5.85. The molecule has 3 heteroatoms. The van der Waals surface area contributed by atoms with Crippen molar-refractivity contribution < 1.29 is 14.7 Å². The van der Waals surface area contributed by atoms with Gasteiger partial charge >= 0.3 is 5.97 Å². The Morgan fingerprint density at radius 3 is 2.62 bits per heavy atom. The number of allylic oxidation sites excluding steroid dienone is 4. The molecule has 21 heavy (non-hydrogen) atoms. The second-order valence-electron chi connectivity index (χ2n) is 5.85. The number of unbranched alkanes of at least 4 members (excludes halogenated alkanes) is 4. The lowest BCUT2D eigenvalue weighted by Crippen LogP contribution is -2.15.